The summed E-state index contributed by atoms with van der Waals surface area (Å²) in [6, 6.07) is 15.0. The van der Waals surface area contributed by atoms with Crippen LogP contribution in [0.2, 0.25) is 0 Å². The summed E-state index contributed by atoms with van der Waals surface area (Å²) in [6.45, 7) is -0.0428. The van der Waals surface area contributed by atoms with Crippen LogP contribution in [-0.2, 0) is 14.3 Å². The van der Waals surface area contributed by atoms with Crippen molar-refractivity contribution in [1.82, 2.24) is 10.6 Å². The SMILES string of the molecule is CSCC[C@H](NC(=O)CC(O)CNC(=O)OCC1c2ccccc2-c2ccccc21)C(=O)O. The lowest BCUT2D eigenvalue weighted by molar-refractivity contribution is -0.142. The first-order valence-electron chi connectivity index (χ1n) is 10.7. The highest BCUT2D eigenvalue weighted by atomic mass is 32.2. The minimum atomic E-state index is -1.17. The van der Waals surface area contributed by atoms with Crippen molar-refractivity contribution in [1.29, 1.82) is 0 Å². The molecule has 0 bridgehead atoms. The molecule has 1 aliphatic carbocycles. The summed E-state index contributed by atoms with van der Waals surface area (Å²) in [5, 5.41) is 24.1. The zero-order chi connectivity index (χ0) is 23.8. The number of hydrogen-bond donors (Lipinski definition) is 4. The molecule has 2 atom stereocenters. The molecule has 0 saturated carbocycles. The van der Waals surface area contributed by atoms with Gasteiger partial charge in [-0.2, -0.15) is 11.8 Å². The van der Waals surface area contributed by atoms with Crippen LogP contribution >= 0.6 is 11.8 Å². The number of aliphatic carboxylic acids is 1. The van der Waals surface area contributed by atoms with Crippen LogP contribution in [-0.4, -0.2) is 65.5 Å². The predicted molar refractivity (Wildman–Crippen MR) is 126 cm³/mol. The molecule has 0 fully saturated rings. The van der Waals surface area contributed by atoms with Crippen molar-refractivity contribution in [2.24, 2.45) is 0 Å². The number of rotatable bonds is 11. The quantitative estimate of drug-likeness (QED) is 0.396. The van der Waals surface area contributed by atoms with Crippen molar-refractivity contribution in [2.45, 2.75) is 30.9 Å². The molecule has 0 aliphatic heterocycles. The van der Waals surface area contributed by atoms with Crippen molar-refractivity contribution in [3.8, 4) is 11.1 Å². The van der Waals surface area contributed by atoms with Crippen LogP contribution in [0, 0.1) is 0 Å². The topological polar surface area (TPSA) is 125 Å². The number of ether oxygens (including phenoxy) is 1. The Morgan fingerprint density at radius 3 is 2.24 bits per heavy atom. The van der Waals surface area contributed by atoms with Crippen molar-refractivity contribution in [2.75, 3.05) is 25.2 Å². The van der Waals surface area contributed by atoms with Crippen molar-refractivity contribution in [3.63, 3.8) is 0 Å². The molecule has 2 aromatic carbocycles. The van der Waals surface area contributed by atoms with E-state index < -0.39 is 30.1 Å². The number of carbonyl (C=O) groups excluding carboxylic acids is 2. The van der Waals surface area contributed by atoms with Gasteiger partial charge < -0.3 is 25.6 Å². The Morgan fingerprint density at radius 1 is 1.06 bits per heavy atom. The Labute approximate surface area is 196 Å². The lowest BCUT2D eigenvalue weighted by Gasteiger charge is -2.17. The van der Waals surface area contributed by atoms with E-state index in [0.29, 0.717) is 5.75 Å². The van der Waals surface area contributed by atoms with Crippen molar-refractivity contribution in [3.05, 3.63) is 59.7 Å². The van der Waals surface area contributed by atoms with E-state index in [4.69, 9.17) is 4.74 Å². The first-order chi connectivity index (χ1) is 15.9. The molecular weight excluding hydrogens is 444 g/mol. The van der Waals surface area contributed by atoms with Crippen LogP contribution in [0.3, 0.4) is 0 Å². The number of hydrogen-bond acceptors (Lipinski definition) is 6. The molecule has 2 aromatic rings. The number of fused-ring (bicyclic) bond motifs is 3. The number of benzene rings is 2. The van der Waals surface area contributed by atoms with E-state index in [9.17, 15) is 24.6 Å². The standard InChI is InChI=1S/C24H28N2O6S/c1-33-11-10-21(23(29)30)26-22(28)12-15(27)13-25-24(31)32-14-20-18-8-4-2-6-16(18)17-7-3-5-9-19(17)20/h2-9,15,20-21,27H,10-14H2,1H3,(H,25,31)(H,26,28)(H,29,30)/t15?,21-/m0/s1. The number of carboxylic acid groups (broad SMARTS) is 1. The Hall–Kier alpha value is -3.04. The Balaban J connectivity index is 1.45. The fourth-order valence-electron chi connectivity index (χ4n) is 3.88. The van der Waals surface area contributed by atoms with Gasteiger partial charge in [0.1, 0.15) is 12.6 Å². The average molecular weight is 473 g/mol. The molecule has 4 N–H and O–H groups in total. The minimum absolute atomic E-state index is 0.0758. The number of nitrogens with one attached hydrogen (secondary N) is 2. The van der Waals surface area contributed by atoms with Gasteiger partial charge in [-0.1, -0.05) is 48.5 Å². The van der Waals surface area contributed by atoms with E-state index in [1.165, 1.54) is 11.8 Å². The molecular formula is C24H28N2O6S. The number of thioether (sulfide) groups is 1. The molecule has 0 aromatic heterocycles. The summed E-state index contributed by atoms with van der Waals surface area (Å²) in [6.07, 6.45) is -0.0529. The van der Waals surface area contributed by atoms with E-state index in [2.05, 4.69) is 10.6 Å². The van der Waals surface area contributed by atoms with Crippen LogP contribution in [0.25, 0.3) is 11.1 Å². The summed E-state index contributed by atoms with van der Waals surface area (Å²) < 4.78 is 5.39. The summed E-state index contributed by atoms with van der Waals surface area (Å²) in [4.78, 5) is 35.4. The summed E-state index contributed by atoms with van der Waals surface area (Å²) in [7, 11) is 0. The van der Waals surface area contributed by atoms with Crippen LogP contribution < -0.4 is 10.6 Å². The van der Waals surface area contributed by atoms with Gasteiger partial charge >= 0.3 is 12.1 Å². The van der Waals surface area contributed by atoms with Gasteiger partial charge in [-0.25, -0.2) is 9.59 Å². The van der Waals surface area contributed by atoms with Crippen LogP contribution in [0.1, 0.15) is 29.9 Å². The monoisotopic (exact) mass is 472 g/mol. The largest absolute Gasteiger partial charge is 0.480 e. The molecule has 8 nitrogen and oxygen atoms in total. The van der Waals surface area contributed by atoms with Crippen LogP contribution in [0.4, 0.5) is 4.79 Å². The number of aliphatic hydroxyl groups excluding tert-OH is 1. The lowest BCUT2D eigenvalue weighted by Crippen LogP contribution is -2.43. The average Bonchev–Trinajstić information content (AvgIpc) is 3.12. The number of alkyl carbamates (subject to hydrolysis) is 1. The summed E-state index contributed by atoms with van der Waals surface area (Å²) in [5.41, 5.74) is 4.44. The van der Waals surface area contributed by atoms with Gasteiger partial charge in [0.25, 0.3) is 0 Å². The maximum absolute atomic E-state index is 12.2. The minimum Gasteiger partial charge on any atom is -0.480 e. The molecule has 0 heterocycles. The maximum Gasteiger partial charge on any atom is 0.407 e. The summed E-state index contributed by atoms with van der Waals surface area (Å²) >= 11 is 1.48. The second-order valence-electron chi connectivity index (χ2n) is 7.80. The number of carbonyl (C=O) groups is 3. The smallest absolute Gasteiger partial charge is 0.407 e. The van der Waals surface area contributed by atoms with Gasteiger partial charge in [0.2, 0.25) is 5.91 Å². The maximum atomic E-state index is 12.2. The van der Waals surface area contributed by atoms with Gasteiger partial charge in [0.05, 0.1) is 12.5 Å². The molecule has 9 heteroatoms. The fourth-order valence-corrected chi connectivity index (χ4v) is 4.35. The Bertz CT molecular complexity index is 953. The van der Waals surface area contributed by atoms with Gasteiger partial charge in [0, 0.05) is 12.5 Å². The highest BCUT2D eigenvalue weighted by Gasteiger charge is 2.29. The fraction of sp³-hybridized carbons (Fsp3) is 0.375. The van der Waals surface area contributed by atoms with Crippen LogP contribution in [0.5, 0.6) is 0 Å². The third-order valence-corrected chi connectivity index (χ3v) is 6.13. The van der Waals surface area contributed by atoms with Crippen molar-refractivity contribution < 1.29 is 29.3 Å². The second kappa shape index (κ2) is 11.7. The van der Waals surface area contributed by atoms with E-state index in [0.717, 1.165) is 22.3 Å². The molecule has 1 aliphatic rings. The Kier molecular flexibility index (Phi) is 8.73. The van der Waals surface area contributed by atoms with E-state index in [1.54, 1.807) is 0 Å². The highest BCUT2D eigenvalue weighted by Crippen LogP contribution is 2.44. The normalized spacial score (nSPS) is 14.0. The Morgan fingerprint density at radius 2 is 1.67 bits per heavy atom. The van der Waals surface area contributed by atoms with E-state index in [1.807, 2.05) is 54.8 Å². The van der Waals surface area contributed by atoms with E-state index in [-0.39, 0.29) is 31.9 Å². The molecule has 0 spiro atoms. The van der Waals surface area contributed by atoms with Gasteiger partial charge in [-0.05, 0) is 40.7 Å². The zero-order valence-electron chi connectivity index (χ0n) is 18.3. The van der Waals surface area contributed by atoms with E-state index >= 15 is 0 Å². The zero-order valence-corrected chi connectivity index (χ0v) is 19.1. The number of amides is 2. The molecule has 1 unspecified atom stereocenters. The molecule has 33 heavy (non-hydrogen) atoms. The molecule has 0 radical (unpaired) electrons. The number of aliphatic hydroxyl groups is 1. The summed E-state index contributed by atoms with van der Waals surface area (Å²) in [5.74, 6) is -1.20. The van der Waals surface area contributed by atoms with Crippen molar-refractivity contribution >= 4 is 29.7 Å². The predicted octanol–water partition coefficient (Wildman–Crippen LogP) is 2.60. The van der Waals surface area contributed by atoms with Gasteiger partial charge in [0.15, 0.2) is 0 Å². The second-order valence-corrected chi connectivity index (χ2v) is 8.79. The lowest BCUT2D eigenvalue weighted by atomic mass is 9.98. The molecule has 2 amide bonds. The highest BCUT2D eigenvalue weighted by molar-refractivity contribution is 7.98. The van der Waals surface area contributed by atoms with Gasteiger partial charge in [-0.15, -0.1) is 0 Å². The third-order valence-electron chi connectivity index (χ3n) is 5.49. The first kappa shape index (κ1) is 24.6. The van der Waals surface area contributed by atoms with Gasteiger partial charge in [-0.3, -0.25) is 4.79 Å². The molecule has 176 valence electrons. The molecule has 3 rings (SSSR count). The molecule has 0 saturated heterocycles. The third kappa shape index (κ3) is 6.49. The number of carboxylic acids is 1. The van der Waals surface area contributed by atoms with Crippen LogP contribution in [0.15, 0.2) is 48.5 Å². The first-order valence-corrected chi connectivity index (χ1v) is 12.1.